The van der Waals surface area contributed by atoms with E-state index in [1.807, 2.05) is 29.1 Å². The van der Waals surface area contributed by atoms with E-state index in [1.165, 1.54) is 0 Å². The van der Waals surface area contributed by atoms with Gasteiger partial charge in [-0.15, -0.1) is 0 Å². The minimum Gasteiger partial charge on any atom is -0.481 e. The Morgan fingerprint density at radius 2 is 1.78 bits per heavy atom. The van der Waals surface area contributed by atoms with E-state index in [4.69, 9.17) is 9.84 Å². The number of benzene rings is 1. The summed E-state index contributed by atoms with van der Waals surface area (Å²) in [6.07, 6.45) is 3.88. The van der Waals surface area contributed by atoms with Crippen LogP contribution in [-0.2, 0) is 11.3 Å². The molecular formula is C17H20N2O4. The van der Waals surface area contributed by atoms with Crippen LogP contribution in [0.5, 0.6) is 5.75 Å². The van der Waals surface area contributed by atoms with Crippen molar-refractivity contribution in [2.45, 2.75) is 20.4 Å². The Morgan fingerprint density at radius 3 is 2.35 bits per heavy atom. The van der Waals surface area contributed by atoms with E-state index >= 15 is 0 Å². The van der Waals surface area contributed by atoms with Gasteiger partial charge in [0, 0.05) is 31.0 Å². The molecule has 0 aliphatic heterocycles. The summed E-state index contributed by atoms with van der Waals surface area (Å²) in [7, 11) is 0. The molecule has 0 fully saturated rings. The molecule has 1 aromatic heterocycles. The van der Waals surface area contributed by atoms with Crippen LogP contribution >= 0.6 is 0 Å². The number of carbonyl (C=O) groups is 2. The molecule has 122 valence electrons. The van der Waals surface area contributed by atoms with Crippen molar-refractivity contribution in [2.24, 2.45) is 0 Å². The highest BCUT2D eigenvalue weighted by Crippen LogP contribution is 2.24. The van der Waals surface area contributed by atoms with Gasteiger partial charge in [-0.2, -0.15) is 0 Å². The van der Waals surface area contributed by atoms with Crippen molar-refractivity contribution in [3.05, 3.63) is 53.3 Å². The zero-order valence-corrected chi connectivity index (χ0v) is 13.2. The second kappa shape index (κ2) is 7.49. The smallest absolute Gasteiger partial charge is 0.341 e. The number of carboxylic acids is 1. The third kappa shape index (κ3) is 4.60. The highest BCUT2D eigenvalue weighted by atomic mass is 16.5. The Labute approximate surface area is 134 Å². The van der Waals surface area contributed by atoms with Gasteiger partial charge in [0.25, 0.3) is 5.91 Å². The van der Waals surface area contributed by atoms with E-state index in [9.17, 15) is 9.59 Å². The summed E-state index contributed by atoms with van der Waals surface area (Å²) in [5.41, 5.74) is 2.01. The van der Waals surface area contributed by atoms with Crippen molar-refractivity contribution >= 4 is 11.9 Å². The van der Waals surface area contributed by atoms with E-state index in [0.29, 0.717) is 24.4 Å². The molecule has 2 N–H and O–H groups in total. The number of ether oxygens (including phenoxy) is 1. The number of aryl methyl sites for hydroxylation is 2. The second-order valence-corrected chi connectivity index (χ2v) is 5.30. The molecule has 0 unspecified atom stereocenters. The average Bonchev–Trinajstić information content (AvgIpc) is 2.99. The number of carbonyl (C=O) groups excluding carboxylic acids is 1. The van der Waals surface area contributed by atoms with Gasteiger partial charge in [-0.05, 0) is 49.2 Å². The molecule has 23 heavy (non-hydrogen) atoms. The fourth-order valence-electron chi connectivity index (χ4n) is 2.36. The molecule has 0 bridgehead atoms. The molecule has 2 aromatic rings. The summed E-state index contributed by atoms with van der Waals surface area (Å²) in [6.45, 7) is 4.42. The van der Waals surface area contributed by atoms with Crippen molar-refractivity contribution in [3.63, 3.8) is 0 Å². The van der Waals surface area contributed by atoms with Gasteiger partial charge in [0.05, 0.1) is 0 Å². The first-order chi connectivity index (χ1) is 11.0. The first-order valence-electron chi connectivity index (χ1n) is 7.32. The van der Waals surface area contributed by atoms with E-state index in [0.717, 1.165) is 11.1 Å². The molecule has 0 aliphatic carbocycles. The number of carboxylic acid groups (broad SMARTS) is 1. The van der Waals surface area contributed by atoms with E-state index in [1.54, 1.807) is 26.0 Å². The number of hydrogen-bond donors (Lipinski definition) is 2. The van der Waals surface area contributed by atoms with Crippen molar-refractivity contribution < 1.29 is 19.4 Å². The van der Waals surface area contributed by atoms with Gasteiger partial charge >= 0.3 is 5.97 Å². The number of aliphatic carboxylic acids is 1. The second-order valence-electron chi connectivity index (χ2n) is 5.30. The van der Waals surface area contributed by atoms with Crippen LogP contribution in [0.2, 0.25) is 0 Å². The molecule has 0 spiro atoms. The topological polar surface area (TPSA) is 80.6 Å². The summed E-state index contributed by atoms with van der Waals surface area (Å²) in [5.74, 6) is -0.680. The summed E-state index contributed by atoms with van der Waals surface area (Å²) in [6, 6.07) is 7.28. The van der Waals surface area contributed by atoms with E-state index < -0.39 is 12.6 Å². The average molecular weight is 316 g/mol. The summed E-state index contributed by atoms with van der Waals surface area (Å²) in [4.78, 5) is 22.8. The lowest BCUT2D eigenvalue weighted by Crippen LogP contribution is -2.27. The number of amides is 1. The van der Waals surface area contributed by atoms with Gasteiger partial charge in [-0.1, -0.05) is 0 Å². The lowest BCUT2D eigenvalue weighted by atomic mass is 10.1. The van der Waals surface area contributed by atoms with Gasteiger partial charge in [-0.25, -0.2) is 4.79 Å². The van der Waals surface area contributed by atoms with Crippen LogP contribution < -0.4 is 10.1 Å². The Hall–Kier alpha value is -2.76. The Kier molecular flexibility index (Phi) is 5.41. The summed E-state index contributed by atoms with van der Waals surface area (Å²) in [5, 5.41) is 11.6. The van der Waals surface area contributed by atoms with Crippen LogP contribution in [-0.4, -0.2) is 34.7 Å². The predicted molar refractivity (Wildman–Crippen MR) is 85.8 cm³/mol. The minimum atomic E-state index is -1.03. The van der Waals surface area contributed by atoms with Crippen LogP contribution in [0.1, 0.15) is 21.5 Å². The quantitative estimate of drug-likeness (QED) is 0.818. The van der Waals surface area contributed by atoms with Gasteiger partial charge in [0.1, 0.15) is 5.75 Å². The van der Waals surface area contributed by atoms with Gasteiger partial charge in [0.15, 0.2) is 6.61 Å². The SMILES string of the molecule is Cc1cc(C(=O)NCCn2cccc2)cc(C)c1OCC(=O)O. The van der Waals surface area contributed by atoms with Crippen LogP contribution in [0, 0.1) is 13.8 Å². The predicted octanol–water partition coefficient (Wildman–Crippen LogP) is 2.00. The zero-order chi connectivity index (χ0) is 16.8. The highest BCUT2D eigenvalue weighted by molar-refractivity contribution is 5.94. The number of hydrogen-bond acceptors (Lipinski definition) is 3. The maximum Gasteiger partial charge on any atom is 0.341 e. The Balaban J connectivity index is 1.98. The highest BCUT2D eigenvalue weighted by Gasteiger charge is 2.12. The van der Waals surface area contributed by atoms with E-state index in [-0.39, 0.29) is 5.91 Å². The number of rotatable bonds is 7. The maximum atomic E-state index is 12.2. The standard InChI is InChI=1S/C17H20N2O4/c1-12-9-14(10-13(2)16(12)23-11-15(20)21)17(22)18-5-8-19-6-3-4-7-19/h3-4,6-7,9-10H,5,8,11H2,1-2H3,(H,18,22)(H,20,21). The lowest BCUT2D eigenvalue weighted by molar-refractivity contribution is -0.139. The number of nitrogens with one attached hydrogen (secondary N) is 1. The molecule has 0 saturated heterocycles. The number of aromatic nitrogens is 1. The largest absolute Gasteiger partial charge is 0.481 e. The summed E-state index contributed by atoms with van der Waals surface area (Å²) >= 11 is 0. The molecule has 1 amide bonds. The third-order valence-electron chi connectivity index (χ3n) is 3.38. The lowest BCUT2D eigenvalue weighted by Gasteiger charge is -2.13. The van der Waals surface area contributed by atoms with Gasteiger partial charge < -0.3 is 19.7 Å². The minimum absolute atomic E-state index is 0.159. The molecule has 2 rings (SSSR count). The number of nitrogens with zero attached hydrogens (tertiary/aromatic N) is 1. The first kappa shape index (κ1) is 16.6. The van der Waals surface area contributed by atoms with Gasteiger partial charge in [-0.3, -0.25) is 4.79 Å². The van der Waals surface area contributed by atoms with Crippen LogP contribution in [0.3, 0.4) is 0 Å². The monoisotopic (exact) mass is 316 g/mol. The molecule has 1 aromatic carbocycles. The van der Waals surface area contributed by atoms with Crippen molar-refractivity contribution in [1.29, 1.82) is 0 Å². The molecular weight excluding hydrogens is 296 g/mol. The molecule has 0 radical (unpaired) electrons. The molecule has 1 heterocycles. The third-order valence-corrected chi connectivity index (χ3v) is 3.38. The van der Waals surface area contributed by atoms with Crippen molar-refractivity contribution in [2.75, 3.05) is 13.2 Å². The Morgan fingerprint density at radius 1 is 1.17 bits per heavy atom. The molecule has 0 saturated carbocycles. The van der Waals surface area contributed by atoms with Crippen molar-refractivity contribution in [1.82, 2.24) is 9.88 Å². The zero-order valence-electron chi connectivity index (χ0n) is 13.2. The van der Waals surface area contributed by atoms with Crippen LogP contribution in [0.4, 0.5) is 0 Å². The van der Waals surface area contributed by atoms with Crippen LogP contribution in [0.25, 0.3) is 0 Å². The van der Waals surface area contributed by atoms with Crippen molar-refractivity contribution in [3.8, 4) is 5.75 Å². The maximum absolute atomic E-state index is 12.2. The molecule has 6 nitrogen and oxygen atoms in total. The fraction of sp³-hybridized carbons (Fsp3) is 0.294. The van der Waals surface area contributed by atoms with Crippen LogP contribution in [0.15, 0.2) is 36.7 Å². The normalized spacial score (nSPS) is 10.3. The molecule has 0 atom stereocenters. The fourth-order valence-corrected chi connectivity index (χ4v) is 2.36. The summed E-state index contributed by atoms with van der Waals surface area (Å²) < 4.78 is 7.24. The first-order valence-corrected chi connectivity index (χ1v) is 7.32. The van der Waals surface area contributed by atoms with Gasteiger partial charge in [0.2, 0.25) is 0 Å². The Bertz CT molecular complexity index is 670. The molecule has 6 heteroatoms. The molecule has 0 aliphatic rings. The van der Waals surface area contributed by atoms with E-state index in [2.05, 4.69) is 5.32 Å².